The van der Waals surface area contributed by atoms with Crippen molar-refractivity contribution < 1.29 is 12.8 Å². The van der Waals surface area contributed by atoms with Crippen molar-refractivity contribution in [1.82, 2.24) is 9.21 Å². The number of hydrogen-bond acceptors (Lipinski definition) is 3. The number of halogens is 1. The second-order valence-electron chi connectivity index (χ2n) is 5.60. The zero-order valence-electron chi connectivity index (χ0n) is 12.3. The van der Waals surface area contributed by atoms with Crippen LogP contribution in [0.3, 0.4) is 0 Å². The summed E-state index contributed by atoms with van der Waals surface area (Å²) in [4.78, 5) is 2.34. The maximum atomic E-state index is 13.3. The molecule has 1 fully saturated rings. The van der Waals surface area contributed by atoms with Crippen LogP contribution in [-0.4, -0.2) is 49.8 Å². The van der Waals surface area contributed by atoms with Crippen LogP contribution in [0.25, 0.3) is 0 Å². The number of piperazine rings is 1. The predicted molar refractivity (Wildman–Crippen MR) is 76.6 cm³/mol. The van der Waals surface area contributed by atoms with E-state index in [1.54, 1.807) is 6.92 Å². The molecular weight excluding hydrogens is 279 g/mol. The van der Waals surface area contributed by atoms with Gasteiger partial charge in [-0.1, -0.05) is 0 Å². The molecule has 4 nitrogen and oxygen atoms in total. The van der Waals surface area contributed by atoms with E-state index in [0.29, 0.717) is 18.7 Å². The molecule has 0 spiro atoms. The van der Waals surface area contributed by atoms with E-state index < -0.39 is 10.0 Å². The van der Waals surface area contributed by atoms with Crippen LogP contribution in [0.5, 0.6) is 0 Å². The minimum atomic E-state index is -3.55. The fraction of sp³-hybridized carbons (Fsp3) is 0.571. The highest BCUT2D eigenvalue weighted by Gasteiger charge is 2.34. The Bertz CT molecular complexity index is 591. The van der Waals surface area contributed by atoms with Gasteiger partial charge in [-0.25, -0.2) is 12.8 Å². The molecule has 0 aliphatic carbocycles. The van der Waals surface area contributed by atoms with Gasteiger partial charge in [0.15, 0.2) is 0 Å². The van der Waals surface area contributed by atoms with Gasteiger partial charge in [-0.05, 0) is 51.6 Å². The second kappa shape index (κ2) is 5.42. The maximum absolute atomic E-state index is 13.3. The molecule has 0 amide bonds. The molecule has 20 heavy (non-hydrogen) atoms. The number of likely N-dealkylation sites (N-methyl/N-ethyl adjacent to an activating group) is 1. The number of benzene rings is 1. The van der Waals surface area contributed by atoms with Crippen LogP contribution in [0.1, 0.15) is 19.4 Å². The highest BCUT2D eigenvalue weighted by atomic mass is 32.2. The molecule has 1 saturated heterocycles. The van der Waals surface area contributed by atoms with E-state index in [9.17, 15) is 12.8 Å². The highest BCUT2D eigenvalue weighted by molar-refractivity contribution is 7.89. The van der Waals surface area contributed by atoms with Crippen molar-refractivity contribution in [2.24, 2.45) is 0 Å². The molecule has 1 heterocycles. The number of nitrogens with zero attached hydrogens (tertiary/aromatic N) is 2. The summed E-state index contributed by atoms with van der Waals surface area (Å²) in [6, 6.07) is 4.28. The molecule has 0 saturated carbocycles. The smallest absolute Gasteiger partial charge is 0.243 e. The van der Waals surface area contributed by atoms with Gasteiger partial charge in [0.1, 0.15) is 5.82 Å². The number of hydrogen-bond donors (Lipinski definition) is 0. The van der Waals surface area contributed by atoms with Crippen molar-refractivity contribution in [3.63, 3.8) is 0 Å². The third-order valence-corrected chi connectivity index (χ3v) is 5.92. The van der Waals surface area contributed by atoms with Crippen LogP contribution >= 0.6 is 0 Å². The summed E-state index contributed by atoms with van der Waals surface area (Å²) in [6.07, 6.45) is 0. The fourth-order valence-electron chi connectivity index (χ4n) is 2.48. The second-order valence-corrected chi connectivity index (χ2v) is 7.53. The number of rotatable bonds is 2. The first-order valence-electron chi connectivity index (χ1n) is 6.71. The molecule has 1 aromatic carbocycles. The summed E-state index contributed by atoms with van der Waals surface area (Å²) in [7, 11) is -1.55. The molecule has 1 aliphatic heterocycles. The minimum absolute atomic E-state index is 0.162. The summed E-state index contributed by atoms with van der Waals surface area (Å²) in [6.45, 7) is 6.50. The lowest BCUT2D eigenvalue weighted by atomic mass is 10.1. The molecule has 1 aliphatic rings. The van der Waals surface area contributed by atoms with Crippen LogP contribution in [0.15, 0.2) is 23.1 Å². The van der Waals surface area contributed by atoms with Crippen molar-refractivity contribution in [3.05, 3.63) is 29.6 Å². The first kappa shape index (κ1) is 15.4. The fourth-order valence-corrected chi connectivity index (χ4v) is 4.17. The summed E-state index contributed by atoms with van der Waals surface area (Å²) in [5.41, 5.74) is 0.348. The van der Waals surface area contributed by atoms with Gasteiger partial charge in [-0.15, -0.1) is 0 Å². The van der Waals surface area contributed by atoms with Crippen molar-refractivity contribution in [3.8, 4) is 0 Å². The SMILES string of the molecule is Cc1cc(S(=O)(=O)N2CC(C)N(C)C(C)C2)ccc1F. The molecule has 112 valence electrons. The molecular formula is C14H21FN2O2S. The van der Waals surface area contributed by atoms with Gasteiger partial charge in [-0.2, -0.15) is 4.31 Å². The molecule has 1 aromatic rings. The Morgan fingerprint density at radius 1 is 1.20 bits per heavy atom. The van der Waals surface area contributed by atoms with Crippen LogP contribution in [-0.2, 0) is 10.0 Å². The van der Waals surface area contributed by atoms with Crippen LogP contribution in [0, 0.1) is 12.7 Å². The van der Waals surface area contributed by atoms with E-state index in [0.717, 1.165) is 0 Å². The van der Waals surface area contributed by atoms with E-state index >= 15 is 0 Å². The zero-order valence-corrected chi connectivity index (χ0v) is 13.1. The highest BCUT2D eigenvalue weighted by Crippen LogP contribution is 2.23. The molecule has 2 unspecified atom stereocenters. The Morgan fingerprint density at radius 2 is 1.75 bits per heavy atom. The Balaban J connectivity index is 2.33. The van der Waals surface area contributed by atoms with E-state index in [1.807, 2.05) is 20.9 Å². The largest absolute Gasteiger partial charge is 0.298 e. The zero-order chi connectivity index (χ0) is 15.1. The molecule has 2 atom stereocenters. The first-order valence-corrected chi connectivity index (χ1v) is 8.15. The van der Waals surface area contributed by atoms with E-state index in [4.69, 9.17) is 0 Å². The lowest BCUT2D eigenvalue weighted by Gasteiger charge is -2.41. The first-order chi connectivity index (χ1) is 9.23. The van der Waals surface area contributed by atoms with Crippen LogP contribution in [0.2, 0.25) is 0 Å². The van der Waals surface area contributed by atoms with Crippen molar-refractivity contribution in [2.75, 3.05) is 20.1 Å². The normalized spacial score (nSPS) is 25.9. The lowest BCUT2D eigenvalue weighted by Crippen LogP contribution is -2.56. The minimum Gasteiger partial charge on any atom is -0.298 e. The Kier molecular flexibility index (Phi) is 4.18. The Morgan fingerprint density at radius 3 is 2.25 bits per heavy atom. The van der Waals surface area contributed by atoms with Crippen molar-refractivity contribution >= 4 is 10.0 Å². The molecule has 0 N–H and O–H groups in total. The average molecular weight is 300 g/mol. The van der Waals surface area contributed by atoms with Crippen molar-refractivity contribution in [2.45, 2.75) is 37.8 Å². The number of aryl methyl sites for hydroxylation is 1. The monoisotopic (exact) mass is 300 g/mol. The van der Waals surface area contributed by atoms with E-state index in [2.05, 4.69) is 4.90 Å². The van der Waals surface area contributed by atoms with Gasteiger partial charge in [-0.3, -0.25) is 4.90 Å². The van der Waals surface area contributed by atoms with Gasteiger partial charge in [0, 0.05) is 25.2 Å². The quantitative estimate of drug-likeness (QED) is 0.837. The van der Waals surface area contributed by atoms with Crippen LogP contribution < -0.4 is 0 Å². The van der Waals surface area contributed by atoms with Gasteiger partial charge in [0.2, 0.25) is 10.0 Å². The van der Waals surface area contributed by atoms with Crippen LogP contribution in [0.4, 0.5) is 4.39 Å². The topological polar surface area (TPSA) is 40.6 Å². The predicted octanol–water partition coefficient (Wildman–Crippen LogP) is 1.85. The number of sulfonamides is 1. The van der Waals surface area contributed by atoms with E-state index in [1.165, 1.54) is 22.5 Å². The lowest BCUT2D eigenvalue weighted by molar-refractivity contribution is 0.105. The Hall–Kier alpha value is -0.980. The van der Waals surface area contributed by atoms with Gasteiger partial charge in [0.05, 0.1) is 4.90 Å². The molecule has 2 rings (SSSR count). The molecule has 6 heteroatoms. The van der Waals surface area contributed by atoms with Crippen molar-refractivity contribution in [1.29, 1.82) is 0 Å². The third kappa shape index (κ3) is 2.73. The van der Waals surface area contributed by atoms with Gasteiger partial charge >= 0.3 is 0 Å². The summed E-state index contributed by atoms with van der Waals surface area (Å²) >= 11 is 0. The molecule has 0 bridgehead atoms. The summed E-state index contributed by atoms with van der Waals surface area (Å²) < 4.78 is 40.1. The third-order valence-electron chi connectivity index (χ3n) is 4.09. The van der Waals surface area contributed by atoms with Gasteiger partial charge < -0.3 is 0 Å². The molecule has 0 aromatic heterocycles. The summed E-state index contributed by atoms with van der Waals surface area (Å²) in [5.74, 6) is -0.385. The Labute approximate surface area is 120 Å². The van der Waals surface area contributed by atoms with E-state index in [-0.39, 0.29) is 22.8 Å². The molecule has 0 radical (unpaired) electrons. The summed E-state index contributed by atoms with van der Waals surface area (Å²) in [5, 5.41) is 0. The maximum Gasteiger partial charge on any atom is 0.243 e. The standard InChI is InChI=1S/C14H21FN2O2S/c1-10-7-13(5-6-14(10)15)20(18,19)17-8-11(2)16(4)12(3)9-17/h5-7,11-12H,8-9H2,1-4H3. The van der Waals surface area contributed by atoms with Gasteiger partial charge in [0.25, 0.3) is 0 Å². The average Bonchev–Trinajstić information content (AvgIpc) is 2.38.